The Morgan fingerprint density at radius 3 is 2.68 bits per heavy atom. The topological polar surface area (TPSA) is 90.3 Å². The van der Waals surface area contributed by atoms with E-state index >= 15 is 0 Å². The molecule has 0 saturated carbocycles. The third-order valence-corrected chi connectivity index (χ3v) is 7.25. The minimum Gasteiger partial charge on any atom is -0.465 e. The number of anilines is 1. The van der Waals surface area contributed by atoms with Crippen molar-refractivity contribution < 1.29 is 14.3 Å². The first-order valence-corrected chi connectivity index (χ1v) is 12.4. The average Bonchev–Trinajstić information content (AvgIpc) is 3.31. The number of fused-ring (bicyclic) bond motifs is 1. The molecule has 0 radical (unpaired) electrons. The fourth-order valence-corrected chi connectivity index (χ4v) is 5.03. The van der Waals surface area contributed by atoms with E-state index in [-0.39, 0.29) is 22.8 Å². The lowest BCUT2D eigenvalue weighted by Gasteiger charge is -2.13. The Kier molecular flexibility index (Phi) is 7.14. The molecule has 34 heavy (non-hydrogen) atoms. The third-order valence-electron chi connectivity index (χ3n) is 5.38. The summed E-state index contributed by atoms with van der Waals surface area (Å²) in [4.78, 5) is 42.5. The van der Waals surface area contributed by atoms with Gasteiger partial charge in [0, 0.05) is 0 Å². The number of esters is 1. The van der Waals surface area contributed by atoms with E-state index in [0.29, 0.717) is 27.6 Å². The molecular formula is C25H23N3O4S2. The first kappa shape index (κ1) is 23.7. The van der Waals surface area contributed by atoms with E-state index < -0.39 is 5.97 Å². The number of nitrogens with zero attached hydrogens (tertiary/aromatic N) is 2. The molecule has 0 atom stereocenters. The zero-order valence-electron chi connectivity index (χ0n) is 19.0. The Hall–Kier alpha value is -3.43. The summed E-state index contributed by atoms with van der Waals surface area (Å²) in [6.45, 7) is 4.44. The maximum absolute atomic E-state index is 13.2. The van der Waals surface area contributed by atoms with Crippen molar-refractivity contribution in [3.8, 4) is 0 Å². The average molecular weight is 494 g/mol. The van der Waals surface area contributed by atoms with E-state index in [1.54, 1.807) is 34.9 Å². The van der Waals surface area contributed by atoms with E-state index in [0.717, 1.165) is 11.1 Å². The molecule has 4 aromatic rings. The van der Waals surface area contributed by atoms with Gasteiger partial charge in [0.25, 0.3) is 5.56 Å². The number of carbonyl (C=O) groups is 2. The molecule has 4 rings (SSSR count). The van der Waals surface area contributed by atoms with Gasteiger partial charge in [0.15, 0.2) is 5.16 Å². The highest BCUT2D eigenvalue weighted by Crippen LogP contribution is 2.23. The van der Waals surface area contributed by atoms with Gasteiger partial charge in [-0.05, 0) is 54.1 Å². The van der Waals surface area contributed by atoms with Gasteiger partial charge in [0.05, 0.1) is 36.2 Å². The molecule has 1 N–H and O–H groups in total. The van der Waals surface area contributed by atoms with E-state index in [4.69, 9.17) is 4.74 Å². The van der Waals surface area contributed by atoms with Crippen LogP contribution in [-0.4, -0.2) is 34.3 Å². The monoisotopic (exact) mass is 493 g/mol. The summed E-state index contributed by atoms with van der Waals surface area (Å²) >= 11 is 2.54. The number of benzene rings is 2. The fourth-order valence-electron chi connectivity index (χ4n) is 3.45. The van der Waals surface area contributed by atoms with Gasteiger partial charge in [-0.3, -0.25) is 14.2 Å². The maximum Gasteiger partial charge on any atom is 0.339 e. The van der Waals surface area contributed by atoms with Crippen LogP contribution in [-0.2, 0) is 16.1 Å². The highest BCUT2D eigenvalue weighted by molar-refractivity contribution is 7.99. The first-order valence-electron chi connectivity index (χ1n) is 10.5. The molecule has 2 heterocycles. The Balaban J connectivity index is 1.59. The zero-order valence-corrected chi connectivity index (χ0v) is 20.6. The highest BCUT2D eigenvalue weighted by atomic mass is 32.2. The minimum absolute atomic E-state index is 0.0184. The molecule has 0 bridgehead atoms. The number of methoxy groups -OCH3 is 1. The molecule has 0 unspecified atom stereocenters. The molecule has 0 aliphatic rings. The van der Waals surface area contributed by atoms with Crippen LogP contribution in [0.1, 0.15) is 27.0 Å². The Labute approximate surface area is 204 Å². The summed E-state index contributed by atoms with van der Waals surface area (Å²) in [6, 6.07) is 14.5. The standard InChI is InChI=1S/C25H23N3O4S2/c1-15-8-9-17(12-16(15)2)13-28-23(30)22-20(10-11-33-22)27-25(28)34-14-21(29)26-19-7-5-4-6-18(19)24(31)32-3/h4-12H,13-14H2,1-3H3,(H,26,29). The van der Waals surface area contributed by atoms with Crippen LogP contribution in [0.15, 0.2) is 63.9 Å². The molecule has 0 aliphatic heterocycles. The molecule has 0 aliphatic carbocycles. The normalized spacial score (nSPS) is 10.9. The van der Waals surface area contributed by atoms with E-state index in [1.165, 1.54) is 35.8 Å². The van der Waals surface area contributed by atoms with Crippen molar-refractivity contribution in [1.82, 2.24) is 9.55 Å². The number of aromatic nitrogens is 2. The molecule has 0 spiro atoms. The molecule has 9 heteroatoms. The number of rotatable bonds is 7. The molecule has 7 nitrogen and oxygen atoms in total. The smallest absolute Gasteiger partial charge is 0.339 e. The van der Waals surface area contributed by atoms with Crippen LogP contribution in [0.2, 0.25) is 0 Å². The second-order valence-corrected chi connectivity index (χ2v) is 9.57. The van der Waals surface area contributed by atoms with Crippen LogP contribution in [0, 0.1) is 13.8 Å². The minimum atomic E-state index is -0.532. The molecule has 2 aromatic carbocycles. The summed E-state index contributed by atoms with van der Waals surface area (Å²) in [5, 5.41) is 5.05. The molecule has 2 aromatic heterocycles. The van der Waals surface area contributed by atoms with E-state index in [9.17, 15) is 14.4 Å². The number of nitrogens with one attached hydrogen (secondary N) is 1. The maximum atomic E-state index is 13.2. The van der Waals surface area contributed by atoms with Gasteiger partial charge in [-0.2, -0.15) is 0 Å². The lowest BCUT2D eigenvalue weighted by Crippen LogP contribution is -2.24. The van der Waals surface area contributed by atoms with Gasteiger partial charge >= 0.3 is 5.97 Å². The predicted molar refractivity (Wildman–Crippen MR) is 136 cm³/mol. The number of thioether (sulfide) groups is 1. The number of thiophene rings is 1. The van der Waals surface area contributed by atoms with Gasteiger partial charge in [-0.1, -0.05) is 42.1 Å². The molecule has 1 amide bonds. The van der Waals surface area contributed by atoms with Gasteiger partial charge in [-0.15, -0.1) is 11.3 Å². The van der Waals surface area contributed by atoms with Gasteiger partial charge in [0.2, 0.25) is 5.91 Å². The lowest BCUT2D eigenvalue weighted by molar-refractivity contribution is -0.113. The van der Waals surface area contributed by atoms with Gasteiger partial charge < -0.3 is 10.1 Å². The van der Waals surface area contributed by atoms with Crippen molar-refractivity contribution in [1.29, 1.82) is 0 Å². The third kappa shape index (κ3) is 5.05. The number of aryl methyl sites for hydroxylation is 2. The second kappa shape index (κ2) is 10.2. The second-order valence-electron chi connectivity index (χ2n) is 7.71. The summed E-state index contributed by atoms with van der Waals surface area (Å²) in [5.74, 6) is -0.834. The summed E-state index contributed by atoms with van der Waals surface area (Å²) in [6.07, 6.45) is 0. The van der Waals surface area contributed by atoms with Crippen LogP contribution in [0.25, 0.3) is 10.2 Å². The predicted octanol–water partition coefficient (Wildman–Crippen LogP) is 4.64. The molecule has 0 fully saturated rings. The van der Waals surface area contributed by atoms with E-state index in [1.807, 2.05) is 31.4 Å². The van der Waals surface area contributed by atoms with E-state index in [2.05, 4.69) is 16.4 Å². The largest absolute Gasteiger partial charge is 0.465 e. The van der Waals surface area contributed by atoms with Crippen molar-refractivity contribution in [3.05, 3.63) is 86.5 Å². The van der Waals surface area contributed by atoms with Crippen LogP contribution >= 0.6 is 23.1 Å². The molecule has 0 saturated heterocycles. The van der Waals surface area contributed by atoms with Gasteiger partial charge in [-0.25, -0.2) is 9.78 Å². The number of para-hydroxylation sites is 1. The Bertz CT molecular complexity index is 1440. The molecular weight excluding hydrogens is 470 g/mol. The summed E-state index contributed by atoms with van der Waals surface area (Å²) in [7, 11) is 1.29. The van der Waals surface area contributed by atoms with Gasteiger partial charge in [0.1, 0.15) is 4.70 Å². The summed E-state index contributed by atoms with van der Waals surface area (Å²) in [5.41, 5.74) is 4.44. The zero-order chi connectivity index (χ0) is 24.2. The highest BCUT2D eigenvalue weighted by Gasteiger charge is 2.17. The molecule has 174 valence electrons. The van der Waals surface area contributed by atoms with Crippen LogP contribution in [0.3, 0.4) is 0 Å². The SMILES string of the molecule is COC(=O)c1ccccc1NC(=O)CSc1nc2ccsc2c(=O)n1Cc1ccc(C)c(C)c1. The number of ether oxygens (including phenoxy) is 1. The first-order chi connectivity index (χ1) is 16.4. The van der Waals surface area contributed by atoms with Crippen molar-refractivity contribution in [2.24, 2.45) is 0 Å². The van der Waals surface area contributed by atoms with Crippen molar-refractivity contribution in [2.75, 3.05) is 18.2 Å². The lowest BCUT2D eigenvalue weighted by atomic mass is 10.1. The Morgan fingerprint density at radius 1 is 1.12 bits per heavy atom. The fraction of sp³-hybridized carbons (Fsp3) is 0.200. The summed E-state index contributed by atoms with van der Waals surface area (Å²) < 4.78 is 6.98. The van der Waals surface area contributed by atoms with Crippen molar-refractivity contribution in [2.45, 2.75) is 25.5 Å². The van der Waals surface area contributed by atoms with Crippen LogP contribution < -0.4 is 10.9 Å². The Morgan fingerprint density at radius 2 is 1.91 bits per heavy atom. The number of hydrogen-bond acceptors (Lipinski definition) is 7. The number of hydrogen-bond donors (Lipinski definition) is 1. The van der Waals surface area contributed by atoms with Crippen LogP contribution in [0.4, 0.5) is 5.69 Å². The number of carbonyl (C=O) groups excluding carboxylic acids is 2. The van der Waals surface area contributed by atoms with Crippen LogP contribution in [0.5, 0.6) is 0 Å². The number of amides is 1. The van der Waals surface area contributed by atoms with Crippen molar-refractivity contribution in [3.63, 3.8) is 0 Å². The quantitative estimate of drug-likeness (QED) is 0.229. The van der Waals surface area contributed by atoms with Crippen molar-refractivity contribution >= 4 is 50.9 Å².